The summed E-state index contributed by atoms with van der Waals surface area (Å²) in [6, 6.07) is 12.8. The van der Waals surface area contributed by atoms with Gasteiger partial charge >= 0.3 is 12.8 Å². The van der Waals surface area contributed by atoms with E-state index in [-0.39, 0.29) is 39.6 Å². The molecular formula is C21H13F5N2O3. The summed E-state index contributed by atoms with van der Waals surface area (Å²) in [4.78, 5) is 4.16. The minimum Gasteiger partial charge on any atom is -0.493 e. The van der Waals surface area contributed by atoms with Crippen molar-refractivity contribution in [2.75, 3.05) is 7.11 Å². The molecule has 0 fully saturated rings. The zero-order valence-electron chi connectivity index (χ0n) is 15.8. The minimum absolute atomic E-state index is 0.0141. The lowest BCUT2D eigenvalue weighted by atomic mass is 10.0. The van der Waals surface area contributed by atoms with Crippen LogP contribution in [0.4, 0.5) is 22.0 Å². The van der Waals surface area contributed by atoms with Crippen molar-refractivity contribution in [2.24, 2.45) is 0 Å². The Morgan fingerprint density at radius 1 is 0.935 bits per heavy atom. The van der Waals surface area contributed by atoms with Crippen LogP contribution in [0.3, 0.4) is 0 Å². The molecule has 4 aromatic rings. The van der Waals surface area contributed by atoms with Crippen molar-refractivity contribution in [1.29, 1.82) is 0 Å². The van der Waals surface area contributed by atoms with Crippen molar-refractivity contribution in [3.63, 3.8) is 0 Å². The molecular weight excluding hydrogens is 423 g/mol. The third kappa shape index (κ3) is 4.00. The maximum absolute atomic E-state index is 13.9. The van der Waals surface area contributed by atoms with Crippen molar-refractivity contribution in [3.8, 4) is 34.0 Å². The number of halogens is 5. The van der Waals surface area contributed by atoms with Gasteiger partial charge in [-0.25, -0.2) is 4.98 Å². The highest BCUT2D eigenvalue weighted by Gasteiger charge is 2.36. The summed E-state index contributed by atoms with van der Waals surface area (Å²) in [5, 5.41) is 3.52. The van der Waals surface area contributed by atoms with Gasteiger partial charge in [-0.05, 0) is 24.3 Å². The normalized spacial score (nSPS) is 11.8. The van der Waals surface area contributed by atoms with Crippen LogP contribution in [0.5, 0.6) is 11.5 Å². The molecule has 0 atom stereocenters. The van der Waals surface area contributed by atoms with Crippen molar-refractivity contribution in [3.05, 3.63) is 60.2 Å². The van der Waals surface area contributed by atoms with Crippen molar-refractivity contribution < 1.29 is 35.9 Å². The molecule has 0 spiro atoms. The molecule has 2 aromatic carbocycles. The molecule has 0 saturated heterocycles. The van der Waals surface area contributed by atoms with Crippen LogP contribution in [0.1, 0.15) is 5.56 Å². The van der Waals surface area contributed by atoms with Crippen LogP contribution >= 0.6 is 0 Å². The number of hydrogen-bond acceptors (Lipinski definition) is 5. The van der Waals surface area contributed by atoms with E-state index in [1.54, 1.807) is 30.3 Å². The van der Waals surface area contributed by atoms with Crippen molar-refractivity contribution in [2.45, 2.75) is 12.8 Å². The third-order valence-electron chi connectivity index (χ3n) is 4.47. The van der Waals surface area contributed by atoms with Crippen LogP contribution in [0.15, 0.2) is 59.1 Å². The Labute approximate surface area is 172 Å². The van der Waals surface area contributed by atoms with Crippen LogP contribution < -0.4 is 9.47 Å². The van der Waals surface area contributed by atoms with E-state index in [9.17, 15) is 22.0 Å². The molecule has 2 aromatic heterocycles. The Morgan fingerprint density at radius 3 is 2.32 bits per heavy atom. The largest absolute Gasteiger partial charge is 0.493 e. The van der Waals surface area contributed by atoms with Gasteiger partial charge in [-0.3, -0.25) is 0 Å². The molecule has 5 nitrogen and oxygen atoms in total. The topological polar surface area (TPSA) is 57.4 Å². The summed E-state index contributed by atoms with van der Waals surface area (Å²) in [6.45, 7) is -3.09. The molecule has 2 heterocycles. The number of nitrogens with zero attached hydrogens (tertiary/aromatic N) is 2. The van der Waals surface area contributed by atoms with E-state index in [2.05, 4.69) is 14.9 Å². The smallest absolute Gasteiger partial charge is 0.417 e. The molecule has 0 amide bonds. The standard InChI is InChI=1S/C21H13F5N2O3/c1-29-16-9-12(7-8-15(16)30-20(22)23)14-10-13(21(24,25)26)17-18(28-31-19(17)27-14)11-5-3-2-4-6-11/h2-10,20H,1H3. The van der Waals surface area contributed by atoms with Gasteiger partial charge in [0.2, 0.25) is 0 Å². The third-order valence-corrected chi connectivity index (χ3v) is 4.47. The quantitative estimate of drug-likeness (QED) is 0.350. The Kier molecular flexibility index (Phi) is 5.22. The van der Waals surface area contributed by atoms with E-state index < -0.39 is 18.4 Å². The molecule has 0 aliphatic carbocycles. The highest BCUT2D eigenvalue weighted by molar-refractivity contribution is 5.94. The van der Waals surface area contributed by atoms with E-state index in [1.165, 1.54) is 19.2 Å². The predicted octanol–water partition coefficient (Wildman–Crippen LogP) is 6.19. The number of pyridine rings is 1. The van der Waals surface area contributed by atoms with E-state index in [1.807, 2.05) is 0 Å². The second kappa shape index (κ2) is 7.86. The zero-order valence-corrected chi connectivity index (χ0v) is 15.8. The van der Waals surface area contributed by atoms with Gasteiger partial charge in [0, 0.05) is 11.1 Å². The van der Waals surface area contributed by atoms with Gasteiger partial charge in [-0.1, -0.05) is 35.5 Å². The fourth-order valence-electron chi connectivity index (χ4n) is 3.14. The van der Waals surface area contributed by atoms with Gasteiger partial charge in [-0.15, -0.1) is 0 Å². The second-order valence-corrected chi connectivity index (χ2v) is 6.37. The number of aromatic nitrogens is 2. The van der Waals surface area contributed by atoms with Gasteiger partial charge < -0.3 is 14.0 Å². The first-order chi connectivity index (χ1) is 14.8. The number of rotatable bonds is 5. The van der Waals surface area contributed by atoms with Crippen molar-refractivity contribution in [1.82, 2.24) is 10.1 Å². The second-order valence-electron chi connectivity index (χ2n) is 6.37. The van der Waals surface area contributed by atoms with E-state index in [0.717, 1.165) is 12.1 Å². The van der Waals surface area contributed by atoms with E-state index in [0.29, 0.717) is 5.56 Å². The Morgan fingerprint density at radius 2 is 1.68 bits per heavy atom. The highest BCUT2D eigenvalue weighted by Crippen LogP contribution is 2.41. The lowest BCUT2D eigenvalue weighted by Gasteiger charge is -2.13. The lowest BCUT2D eigenvalue weighted by Crippen LogP contribution is -2.07. The molecule has 0 aliphatic heterocycles. The first kappa shape index (κ1) is 20.6. The molecule has 10 heteroatoms. The van der Waals surface area contributed by atoms with Crippen LogP contribution in [0.25, 0.3) is 33.6 Å². The fourth-order valence-corrected chi connectivity index (χ4v) is 3.14. The monoisotopic (exact) mass is 436 g/mol. The molecule has 0 bridgehead atoms. The average molecular weight is 436 g/mol. The van der Waals surface area contributed by atoms with Gasteiger partial charge in [0.25, 0.3) is 5.71 Å². The van der Waals surface area contributed by atoms with E-state index in [4.69, 9.17) is 9.26 Å². The van der Waals surface area contributed by atoms with Crippen molar-refractivity contribution >= 4 is 11.1 Å². The van der Waals surface area contributed by atoms with E-state index >= 15 is 0 Å². The molecule has 160 valence electrons. The Balaban J connectivity index is 1.90. The molecule has 0 N–H and O–H groups in total. The Hall–Kier alpha value is -3.69. The first-order valence-electron chi connectivity index (χ1n) is 8.84. The molecule has 4 rings (SSSR count). The highest BCUT2D eigenvalue weighted by atomic mass is 19.4. The molecule has 0 radical (unpaired) electrons. The van der Waals surface area contributed by atoms with Crippen LogP contribution in [-0.4, -0.2) is 23.9 Å². The molecule has 0 aliphatic rings. The maximum atomic E-state index is 13.9. The fraction of sp³-hybridized carbons (Fsp3) is 0.143. The summed E-state index contributed by atoms with van der Waals surface area (Å²) < 4.78 is 81.3. The number of ether oxygens (including phenoxy) is 2. The summed E-state index contributed by atoms with van der Waals surface area (Å²) in [5.41, 5.74) is -0.757. The first-order valence-corrected chi connectivity index (χ1v) is 8.84. The molecule has 0 unspecified atom stereocenters. The minimum atomic E-state index is -4.73. The van der Waals surface area contributed by atoms with Crippen LogP contribution in [0, 0.1) is 0 Å². The summed E-state index contributed by atoms with van der Waals surface area (Å²) in [5.74, 6) is -0.347. The number of benzene rings is 2. The summed E-state index contributed by atoms with van der Waals surface area (Å²) >= 11 is 0. The average Bonchev–Trinajstić information content (AvgIpc) is 3.17. The number of alkyl halides is 5. The summed E-state index contributed by atoms with van der Waals surface area (Å²) in [6.07, 6.45) is -4.73. The number of methoxy groups -OCH3 is 1. The SMILES string of the molecule is COc1cc(-c2cc(C(F)(F)F)c3c(-c4ccccc4)noc3n2)ccc1OC(F)F. The van der Waals surface area contributed by atoms with Gasteiger partial charge in [0.15, 0.2) is 11.5 Å². The predicted molar refractivity (Wildman–Crippen MR) is 101 cm³/mol. The number of hydrogen-bond donors (Lipinski definition) is 0. The molecule has 31 heavy (non-hydrogen) atoms. The lowest BCUT2D eigenvalue weighted by molar-refractivity contribution is -0.136. The zero-order chi connectivity index (χ0) is 22.2. The van der Waals surface area contributed by atoms with Crippen LogP contribution in [0.2, 0.25) is 0 Å². The number of fused-ring (bicyclic) bond motifs is 1. The summed E-state index contributed by atoms with van der Waals surface area (Å²) in [7, 11) is 1.22. The van der Waals surface area contributed by atoms with Gasteiger partial charge in [0.1, 0.15) is 5.69 Å². The maximum Gasteiger partial charge on any atom is 0.417 e. The van der Waals surface area contributed by atoms with Crippen LogP contribution in [-0.2, 0) is 6.18 Å². The Bertz CT molecular complexity index is 1220. The van der Waals surface area contributed by atoms with Gasteiger partial charge in [0.05, 0.1) is 23.8 Å². The van der Waals surface area contributed by atoms with Gasteiger partial charge in [-0.2, -0.15) is 22.0 Å². The molecule has 0 saturated carbocycles.